The molecule has 2 rings (SSSR count). The van der Waals surface area contributed by atoms with Gasteiger partial charge in [0.2, 0.25) is 5.91 Å². The van der Waals surface area contributed by atoms with Crippen molar-refractivity contribution in [2.45, 2.75) is 31.8 Å². The topological polar surface area (TPSA) is 70.6 Å². The molecule has 1 aromatic rings. The minimum absolute atomic E-state index is 0.0707. The molecule has 1 aromatic carbocycles. The zero-order chi connectivity index (χ0) is 15.1. The van der Waals surface area contributed by atoms with E-state index in [4.69, 9.17) is 4.74 Å². The summed E-state index contributed by atoms with van der Waals surface area (Å²) < 4.78 is 5.22. The number of aliphatic hydroxyl groups excluding tert-OH is 1. The van der Waals surface area contributed by atoms with Crippen molar-refractivity contribution < 1.29 is 14.6 Å². The van der Waals surface area contributed by atoms with Crippen molar-refractivity contribution in [3.63, 3.8) is 0 Å². The summed E-state index contributed by atoms with van der Waals surface area (Å²) >= 11 is 0. The molecule has 0 aliphatic heterocycles. The lowest BCUT2D eigenvalue weighted by atomic mass is 9.86. The molecule has 0 heterocycles. The van der Waals surface area contributed by atoms with Crippen molar-refractivity contribution >= 4 is 11.6 Å². The number of hydrogen-bond donors (Lipinski definition) is 3. The number of para-hydroxylation sites is 2. The standard InChI is InChI=1S/C16H24N2O3/c1-21-15-9-5-3-7-13(15)17-11-16(20)18-10-12-6-2-4-8-14(12)19/h3,5,7,9,12,14,17,19H,2,4,6,8,10-11H2,1H3,(H,18,20)/t12-,14-/m0/s1. The zero-order valence-corrected chi connectivity index (χ0v) is 12.5. The van der Waals surface area contributed by atoms with E-state index in [0.717, 1.165) is 31.4 Å². The van der Waals surface area contributed by atoms with E-state index in [1.807, 2.05) is 24.3 Å². The number of nitrogens with one attached hydrogen (secondary N) is 2. The van der Waals surface area contributed by atoms with Gasteiger partial charge in [0.1, 0.15) is 5.75 Å². The Morgan fingerprint density at radius 1 is 1.33 bits per heavy atom. The number of carbonyl (C=O) groups is 1. The molecule has 0 spiro atoms. The summed E-state index contributed by atoms with van der Waals surface area (Å²) in [5.74, 6) is 0.834. The predicted octanol–water partition coefficient (Wildman–Crippen LogP) is 1.77. The number of methoxy groups -OCH3 is 1. The average molecular weight is 292 g/mol. The second-order valence-corrected chi connectivity index (χ2v) is 5.47. The largest absolute Gasteiger partial charge is 0.495 e. The van der Waals surface area contributed by atoms with Gasteiger partial charge >= 0.3 is 0 Å². The van der Waals surface area contributed by atoms with Gasteiger partial charge in [0.25, 0.3) is 0 Å². The van der Waals surface area contributed by atoms with Gasteiger partial charge in [-0.2, -0.15) is 0 Å². The minimum Gasteiger partial charge on any atom is -0.495 e. The molecule has 5 nitrogen and oxygen atoms in total. The van der Waals surface area contributed by atoms with Gasteiger partial charge in [0.05, 0.1) is 25.4 Å². The number of amides is 1. The highest BCUT2D eigenvalue weighted by Crippen LogP contribution is 2.24. The third kappa shape index (κ3) is 4.63. The van der Waals surface area contributed by atoms with Gasteiger partial charge < -0.3 is 20.5 Å². The Labute approximate surface area is 125 Å². The average Bonchev–Trinajstić information content (AvgIpc) is 2.52. The number of ether oxygens (including phenoxy) is 1. The molecule has 1 saturated carbocycles. The molecule has 1 aliphatic rings. The first kappa shape index (κ1) is 15.6. The Balaban J connectivity index is 1.74. The number of carbonyl (C=O) groups excluding carboxylic acids is 1. The molecule has 2 atom stereocenters. The maximum Gasteiger partial charge on any atom is 0.239 e. The molecule has 0 radical (unpaired) electrons. The minimum atomic E-state index is -0.277. The number of anilines is 1. The first-order valence-electron chi connectivity index (χ1n) is 7.52. The van der Waals surface area contributed by atoms with E-state index in [1.165, 1.54) is 0 Å². The molecule has 3 N–H and O–H groups in total. The van der Waals surface area contributed by atoms with Gasteiger partial charge in [-0.3, -0.25) is 4.79 Å². The number of aliphatic hydroxyl groups is 1. The molecule has 0 unspecified atom stereocenters. The Morgan fingerprint density at radius 2 is 2.10 bits per heavy atom. The third-order valence-electron chi connectivity index (χ3n) is 3.98. The molecule has 21 heavy (non-hydrogen) atoms. The van der Waals surface area contributed by atoms with Crippen molar-refractivity contribution in [3.8, 4) is 5.75 Å². The predicted molar refractivity (Wildman–Crippen MR) is 82.5 cm³/mol. The summed E-state index contributed by atoms with van der Waals surface area (Å²) in [7, 11) is 1.60. The number of hydrogen-bond acceptors (Lipinski definition) is 4. The summed E-state index contributed by atoms with van der Waals surface area (Å²) in [5.41, 5.74) is 0.799. The Bertz CT molecular complexity index is 465. The normalized spacial score (nSPS) is 21.6. The Hall–Kier alpha value is -1.75. The van der Waals surface area contributed by atoms with Crippen LogP contribution in [0.4, 0.5) is 5.69 Å². The van der Waals surface area contributed by atoms with Gasteiger partial charge in [0.15, 0.2) is 0 Å². The van der Waals surface area contributed by atoms with Crippen LogP contribution in [0.5, 0.6) is 5.75 Å². The Morgan fingerprint density at radius 3 is 2.86 bits per heavy atom. The second kappa shape index (κ2) is 7.88. The maximum absolute atomic E-state index is 11.9. The van der Waals surface area contributed by atoms with Crippen LogP contribution < -0.4 is 15.4 Å². The van der Waals surface area contributed by atoms with Crippen molar-refractivity contribution in [3.05, 3.63) is 24.3 Å². The molecule has 1 fully saturated rings. The van der Waals surface area contributed by atoms with Crippen LogP contribution >= 0.6 is 0 Å². The van der Waals surface area contributed by atoms with Crippen LogP contribution in [0, 0.1) is 5.92 Å². The van der Waals surface area contributed by atoms with Crippen LogP contribution in [0.2, 0.25) is 0 Å². The molecule has 1 amide bonds. The van der Waals surface area contributed by atoms with Crippen molar-refractivity contribution in [2.75, 3.05) is 25.5 Å². The molecular formula is C16H24N2O3. The molecular weight excluding hydrogens is 268 g/mol. The van der Waals surface area contributed by atoms with E-state index in [9.17, 15) is 9.90 Å². The highest BCUT2D eigenvalue weighted by molar-refractivity contribution is 5.81. The van der Waals surface area contributed by atoms with Crippen molar-refractivity contribution in [1.29, 1.82) is 0 Å². The summed E-state index contributed by atoms with van der Waals surface area (Å²) in [6.07, 6.45) is 3.78. The summed E-state index contributed by atoms with van der Waals surface area (Å²) in [6, 6.07) is 7.49. The summed E-state index contributed by atoms with van der Waals surface area (Å²) in [6.45, 7) is 0.747. The van der Waals surface area contributed by atoms with Crippen molar-refractivity contribution in [2.24, 2.45) is 5.92 Å². The lowest BCUT2D eigenvalue weighted by molar-refractivity contribution is -0.119. The third-order valence-corrected chi connectivity index (χ3v) is 3.98. The van der Waals surface area contributed by atoms with Crippen LogP contribution in [-0.4, -0.2) is 37.3 Å². The van der Waals surface area contributed by atoms with Gasteiger partial charge in [-0.05, 0) is 25.0 Å². The van der Waals surface area contributed by atoms with E-state index in [0.29, 0.717) is 12.3 Å². The Kier molecular flexibility index (Phi) is 5.87. The van der Waals surface area contributed by atoms with Gasteiger partial charge in [-0.1, -0.05) is 25.0 Å². The second-order valence-electron chi connectivity index (χ2n) is 5.47. The smallest absolute Gasteiger partial charge is 0.239 e. The fourth-order valence-electron chi connectivity index (χ4n) is 2.70. The number of rotatable bonds is 6. The van der Waals surface area contributed by atoms with Crippen LogP contribution in [0.15, 0.2) is 24.3 Å². The molecule has 5 heteroatoms. The quantitative estimate of drug-likeness (QED) is 0.747. The van der Waals surface area contributed by atoms with Crippen LogP contribution in [0.25, 0.3) is 0 Å². The molecule has 116 valence electrons. The summed E-state index contributed by atoms with van der Waals surface area (Å²) in [5, 5.41) is 15.8. The fraction of sp³-hybridized carbons (Fsp3) is 0.562. The highest BCUT2D eigenvalue weighted by Gasteiger charge is 2.23. The van der Waals surface area contributed by atoms with E-state index >= 15 is 0 Å². The monoisotopic (exact) mass is 292 g/mol. The van der Waals surface area contributed by atoms with Crippen LogP contribution in [0.1, 0.15) is 25.7 Å². The fourth-order valence-corrected chi connectivity index (χ4v) is 2.70. The molecule has 0 aromatic heterocycles. The molecule has 1 aliphatic carbocycles. The zero-order valence-electron chi connectivity index (χ0n) is 12.5. The lowest BCUT2D eigenvalue weighted by Gasteiger charge is -2.27. The first-order valence-corrected chi connectivity index (χ1v) is 7.52. The lowest BCUT2D eigenvalue weighted by Crippen LogP contribution is -2.38. The number of benzene rings is 1. The van der Waals surface area contributed by atoms with E-state index < -0.39 is 0 Å². The van der Waals surface area contributed by atoms with Crippen LogP contribution in [0.3, 0.4) is 0 Å². The van der Waals surface area contributed by atoms with Crippen LogP contribution in [-0.2, 0) is 4.79 Å². The van der Waals surface area contributed by atoms with E-state index in [1.54, 1.807) is 7.11 Å². The van der Waals surface area contributed by atoms with Gasteiger partial charge in [-0.25, -0.2) is 0 Å². The highest BCUT2D eigenvalue weighted by atomic mass is 16.5. The van der Waals surface area contributed by atoms with Gasteiger partial charge in [-0.15, -0.1) is 0 Å². The summed E-state index contributed by atoms with van der Waals surface area (Å²) in [4.78, 5) is 11.9. The molecule has 0 bridgehead atoms. The maximum atomic E-state index is 11.9. The van der Waals surface area contributed by atoms with Gasteiger partial charge in [0, 0.05) is 12.5 Å². The first-order chi connectivity index (χ1) is 10.2. The van der Waals surface area contributed by atoms with E-state index in [2.05, 4.69) is 10.6 Å². The SMILES string of the molecule is COc1ccccc1NCC(=O)NC[C@@H]1CCCC[C@@H]1O. The van der Waals surface area contributed by atoms with E-state index in [-0.39, 0.29) is 24.5 Å². The molecule has 0 saturated heterocycles. The van der Waals surface area contributed by atoms with Crippen molar-refractivity contribution in [1.82, 2.24) is 5.32 Å².